The maximum absolute atomic E-state index is 11.7. The minimum Gasteiger partial charge on any atom is -0.545 e. The van der Waals surface area contributed by atoms with E-state index in [1.807, 2.05) is 0 Å². The average molecular weight is 297 g/mol. The van der Waals surface area contributed by atoms with Crippen LogP contribution in [0.2, 0.25) is 0 Å². The van der Waals surface area contributed by atoms with Crippen molar-refractivity contribution in [3.8, 4) is 0 Å². The van der Waals surface area contributed by atoms with Crippen LogP contribution >= 0.6 is 0 Å². The van der Waals surface area contributed by atoms with Crippen LogP contribution in [0.4, 0.5) is 0 Å². The summed E-state index contributed by atoms with van der Waals surface area (Å²) in [5, 5.41) is 24.1. The Morgan fingerprint density at radius 3 is 2.32 bits per heavy atom. The van der Waals surface area contributed by atoms with Crippen LogP contribution < -0.4 is 10.5 Å². The number of hydrogen-bond acceptors (Lipinski definition) is 5. The number of carboxylic acids is 1. The molecule has 1 unspecified atom stereocenters. The number of hydrazone groups is 1. The van der Waals surface area contributed by atoms with Crippen molar-refractivity contribution in [3.63, 3.8) is 0 Å². The number of aliphatic hydroxyl groups is 1. The molecule has 0 radical (unpaired) electrons. The minimum atomic E-state index is -1.31. The number of aromatic carboxylic acids is 1. The van der Waals surface area contributed by atoms with E-state index in [2.05, 4.69) is 10.5 Å². The first-order chi connectivity index (χ1) is 10.6. The average Bonchev–Trinajstić information content (AvgIpc) is 2.55. The van der Waals surface area contributed by atoms with Gasteiger partial charge in [-0.15, -0.1) is 0 Å². The lowest BCUT2D eigenvalue weighted by atomic mass is 10.1. The molecule has 1 atom stereocenters. The molecule has 0 fully saturated rings. The summed E-state index contributed by atoms with van der Waals surface area (Å²) in [5.41, 5.74) is 3.34. The Kier molecular flexibility index (Phi) is 5.00. The third-order valence-electron chi connectivity index (χ3n) is 2.90. The highest BCUT2D eigenvalue weighted by molar-refractivity contribution is 5.88. The predicted octanol–water partition coefficient (Wildman–Crippen LogP) is 0.234. The lowest BCUT2D eigenvalue weighted by molar-refractivity contribution is -0.255. The van der Waals surface area contributed by atoms with Gasteiger partial charge in [0.25, 0.3) is 5.91 Å². The molecule has 0 aromatic heterocycles. The summed E-state index contributed by atoms with van der Waals surface area (Å²) in [4.78, 5) is 22.3. The van der Waals surface area contributed by atoms with Crippen LogP contribution in [0.25, 0.3) is 0 Å². The van der Waals surface area contributed by atoms with Gasteiger partial charge in [-0.25, -0.2) is 5.43 Å². The van der Waals surface area contributed by atoms with Crippen molar-refractivity contribution in [2.45, 2.75) is 6.10 Å². The molecule has 0 bridgehead atoms. The summed E-state index contributed by atoms with van der Waals surface area (Å²) in [6.45, 7) is 0. The summed E-state index contributed by atoms with van der Waals surface area (Å²) >= 11 is 0. The van der Waals surface area contributed by atoms with E-state index in [1.54, 1.807) is 30.3 Å². The molecule has 0 aliphatic rings. The van der Waals surface area contributed by atoms with Gasteiger partial charge < -0.3 is 15.0 Å². The van der Waals surface area contributed by atoms with Gasteiger partial charge in [-0.05, 0) is 16.7 Å². The molecule has 22 heavy (non-hydrogen) atoms. The second-order valence-electron chi connectivity index (χ2n) is 4.46. The van der Waals surface area contributed by atoms with Gasteiger partial charge in [0.15, 0.2) is 6.10 Å². The number of hydrogen-bond donors (Lipinski definition) is 2. The molecule has 0 aliphatic carbocycles. The van der Waals surface area contributed by atoms with Crippen LogP contribution in [-0.4, -0.2) is 23.2 Å². The molecule has 0 saturated heterocycles. The van der Waals surface area contributed by atoms with Gasteiger partial charge in [0.1, 0.15) is 0 Å². The Morgan fingerprint density at radius 2 is 1.73 bits per heavy atom. The zero-order valence-electron chi connectivity index (χ0n) is 11.5. The van der Waals surface area contributed by atoms with Crippen molar-refractivity contribution in [2.24, 2.45) is 5.10 Å². The van der Waals surface area contributed by atoms with Gasteiger partial charge >= 0.3 is 0 Å². The van der Waals surface area contributed by atoms with Crippen LogP contribution in [0.3, 0.4) is 0 Å². The lowest BCUT2D eigenvalue weighted by Gasteiger charge is -2.08. The van der Waals surface area contributed by atoms with Crippen LogP contribution in [-0.2, 0) is 4.79 Å². The second kappa shape index (κ2) is 7.14. The Bertz CT molecular complexity index is 681. The smallest absolute Gasteiger partial charge is 0.273 e. The number of carboxylic acid groups (broad SMARTS) is 1. The third-order valence-corrected chi connectivity index (χ3v) is 2.90. The van der Waals surface area contributed by atoms with E-state index >= 15 is 0 Å². The molecule has 0 aliphatic heterocycles. The zero-order chi connectivity index (χ0) is 15.9. The quantitative estimate of drug-likeness (QED) is 0.609. The Hall–Kier alpha value is -2.99. The number of nitrogens with one attached hydrogen (secondary N) is 1. The molecule has 2 aromatic carbocycles. The second-order valence-corrected chi connectivity index (χ2v) is 4.46. The fourth-order valence-corrected chi connectivity index (χ4v) is 1.72. The number of rotatable bonds is 5. The van der Waals surface area contributed by atoms with Gasteiger partial charge in [0.2, 0.25) is 0 Å². The Labute approximate surface area is 126 Å². The first-order valence-electron chi connectivity index (χ1n) is 6.45. The highest BCUT2D eigenvalue weighted by Crippen LogP contribution is 2.11. The third kappa shape index (κ3) is 4.00. The molecular formula is C16H13N2O4-. The van der Waals surface area contributed by atoms with E-state index in [9.17, 15) is 19.8 Å². The summed E-state index contributed by atoms with van der Waals surface area (Å²) < 4.78 is 0. The molecule has 0 heterocycles. The van der Waals surface area contributed by atoms with Crippen molar-refractivity contribution in [3.05, 3.63) is 71.3 Å². The van der Waals surface area contributed by atoms with Crippen molar-refractivity contribution in [2.75, 3.05) is 0 Å². The lowest BCUT2D eigenvalue weighted by Crippen LogP contribution is -2.25. The predicted molar refractivity (Wildman–Crippen MR) is 77.9 cm³/mol. The fraction of sp³-hybridized carbons (Fsp3) is 0.0625. The summed E-state index contributed by atoms with van der Waals surface area (Å²) in [6, 6.07) is 14.3. The minimum absolute atomic E-state index is 0.0562. The van der Waals surface area contributed by atoms with Crippen molar-refractivity contribution in [1.82, 2.24) is 5.43 Å². The fourth-order valence-electron chi connectivity index (χ4n) is 1.72. The van der Waals surface area contributed by atoms with Crippen molar-refractivity contribution < 1.29 is 19.8 Å². The van der Waals surface area contributed by atoms with Gasteiger partial charge in [0.05, 0.1) is 12.2 Å². The first kappa shape index (κ1) is 15.4. The van der Waals surface area contributed by atoms with Gasteiger partial charge in [0, 0.05) is 0 Å². The highest BCUT2D eigenvalue weighted by Gasteiger charge is 2.15. The topological polar surface area (TPSA) is 102 Å². The van der Waals surface area contributed by atoms with Crippen molar-refractivity contribution >= 4 is 18.1 Å². The first-order valence-corrected chi connectivity index (χ1v) is 6.45. The van der Waals surface area contributed by atoms with E-state index < -0.39 is 18.0 Å². The molecule has 112 valence electrons. The number of aliphatic hydroxyl groups excluding tert-OH is 1. The van der Waals surface area contributed by atoms with E-state index in [0.29, 0.717) is 11.1 Å². The van der Waals surface area contributed by atoms with Gasteiger partial charge in [-0.3, -0.25) is 4.79 Å². The monoisotopic (exact) mass is 297 g/mol. The number of amides is 1. The molecule has 2 N–H and O–H groups in total. The van der Waals surface area contributed by atoms with Crippen molar-refractivity contribution in [1.29, 1.82) is 0 Å². The van der Waals surface area contributed by atoms with Gasteiger partial charge in [-0.1, -0.05) is 54.6 Å². The molecule has 2 rings (SSSR count). The summed E-state index contributed by atoms with van der Waals surface area (Å²) in [6.07, 6.45) is 0.0353. The van der Waals surface area contributed by atoms with E-state index in [0.717, 1.165) is 0 Å². The number of carbonyl (C=O) groups is 2. The normalized spacial score (nSPS) is 12.0. The maximum atomic E-state index is 11.7. The maximum Gasteiger partial charge on any atom is 0.273 e. The number of nitrogens with zero attached hydrogens (tertiary/aromatic N) is 1. The summed E-state index contributed by atoms with van der Waals surface area (Å²) in [5.74, 6) is -1.92. The van der Waals surface area contributed by atoms with Crippen LogP contribution in [0.1, 0.15) is 27.6 Å². The molecule has 2 aromatic rings. The standard InChI is InChI=1S/C16H14N2O4/c19-14(12-4-2-1-3-5-12)15(20)18-17-10-11-6-8-13(9-7-11)16(21)22/h1-10,14,19H,(H,18,20)(H,21,22)/p-1. The molecule has 1 amide bonds. The van der Waals surface area contributed by atoms with E-state index in [4.69, 9.17) is 0 Å². The van der Waals surface area contributed by atoms with Crippen LogP contribution in [0, 0.1) is 0 Å². The largest absolute Gasteiger partial charge is 0.545 e. The van der Waals surface area contributed by atoms with E-state index in [-0.39, 0.29) is 5.56 Å². The molecule has 6 heteroatoms. The highest BCUT2D eigenvalue weighted by atomic mass is 16.4. The molecule has 0 saturated carbocycles. The van der Waals surface area contributed by atoms with Crippen LogP contribution in [0.5, 0.6) is 0 Å². The number of carbonyl (C=O) groups excluding carboxylic acids is 2. The SMILES string of the molecule is O=C([O-])c1ccc(C=NNC(=O)C(O)c2ccccc2)cc1. The summed E-state index contributed by atoms with van der Waals surface area (Å²) in [7, 11) is 0. The Morgan fingerprint density at radius 1 is 1.09 bits per heavy atom. The van der Waals surface area contributed by atoms with Crippen LogP contribution in [0.15, 0.2) is 59.7 Å². The van der Waals surface area contributed by atoms with E-state index in [1.165, 1.54) is 30.5 Å². The number of benzene rings is 2. The molecule has 0 spiro atoms. The Balaban J connectivity index is 1.94. The molecular weight excluding hydrogens is 284 g/mol. The molecule has 6 nitrogen and oxygen atoms in total. The van der Waals surface area contributed by atoms with Gasteiger partial charge in [-0.2, -0.15) is 5.10 Å². The zero-order valence-corrected chi connectivity index (χ0v) is 11.5.